The topological polar surface area (TPSA) is 73.9 Å². The van der Waals surface area contributed by atoms with Crippen molar-refractivity contribution in [2.75, 3.05) is 26.1 Å². The molecule has 25 heavy (non-hydrogen) atoms. The third kappa shape index (κ3) is 5.74. The smallest absolute Gasteiger partial charge is 0.341 e. The Morgan fingerprint density at radius 3 is 2.44 bits per heavy atom. The predicted octanol–water partition coefficient (Wildman–Crippen LogP) is 3.80. The van der Waals surface area contributed by atoms with Gasteiger partial charge in [0.1, 0.15) is 16.9 Å². The largest absolute Gasteiger partial charge is 0.493 e. The number of nitrogens with one attached hydrogen (secondary N) is 1. The lowest BCUT2D eigenvalue weighted by molar-refractivity contribution is -0.136. The van der Waals surface area contributed by atoms with E-state index < -0.39 is 11.6 Å². The van der Waals surface area contributed by atoms with Crippen molar-refractivity contribution >= 4 is 17.6 Å². The molecule has 1 aromatic rings. The number of carbonyl (C=O) groups is 2. The highest BCUT2D eigenvalue weighted by Crippen LogP contribution is 2.26. The summed E-state index contributed by atoms with van der Waals surface area (Å²) < 4.78 is 15.8. The average molecular weight is 351 g/mol. The molecule has 1 amide bonds. The maximum Gasteiger partial charge on any atom is 0.341 e. The Balaban J connectivity index is 3.01. The van der Waals surface area contributed by atoms with E-state index in [0.717, 1.165) is 19.3 Å². The number of hydrogen-bond donors (Lipinski definition) is 1. The van der Waals surface area contributed by atoms with E-state index in [-0.39, 0.29) is 11.5 Å². The summed E-state index contributed by atoms with van der Waals surface area (Å²) in [4.78, 5) is 24.6. The zero-order chi connectivity index (χ0) is 18.9. The second-order valence-corrected chi connectivity index (χ2v) is 6.04. The summed E-state index contributed by atoms with van der Waals surface area (Å²) >= 11 is 0. The molecular weight excluding hydrogens is 322 g/mol. The summed E-state index contributed by atoms with van der Waals surface area (Å²) in [5, 5.41) is 2.82. The fourth-order valence-corrected chi connectivity index (χ4v) is 2.30. The van der Waals surface area contributed by atoms with Crippen LogP contribution in [-0.2, 0) is 14.3 Å². The zero-order valence-corrected chi connectivity index (χ0v) is 15.8. The maximum atomic E-state index is 12.6. The highest BCUT2D eigenvalue weighted by atomic mass is 16.5. The Kier molecular flexibility index (Phi) is 8.41. The first kappa shape index (κ1) is 21.0. The van der Waals surface area contributed by atoms with Crippen LogP contribution in [0, 0.1) is 0 Å². The SMILES string of the molecule is CCCC[C@@](C)(OC)C(=O)Nc1ccc(OCCC)c(C(=O)OC)c1. The average Bonchev–Trinajstić information content (AvgIpc) is 2.64. The van der Waals surface area contributed by atoms with Gasteiger partial charge in [-0.2, -0.15) is 0 Å². The molecule has 0 unspecified atom stereocenters. The number of benzene rings is 1. The number of amides is 1. The van der Waals surface area contributed by atoms with Gasteiger partial charge in [0.2, 0.25) is 0 Å². The van der Waals surface area contributed by atoms with E-state index in [1.807, 2.05) is 6.92 Å². The Morgan fingerprint density at radius 2 is 1.88 bits per heavy atom. The number of anilines is 1. The Bertz CT molecular complexity index is 587. The van der Waals surface area contributed by atoms with Crippen LogP contribution in [0.3, 0.4) is 0 Å². The molecule has 140 valence electrons. The van der Waals surface area contributed by atoms with Crippen LogP contribution in [0.15, 0.2) is 18.2 Å². The summed E-state index contributed by atoms with van der Waals surface area (Å²) in [5.74, 6) is -0.323. The molecular formula is C19H29NO5. The van der Waals surface area contributed by atoms with Gasteiger partial charge in [-0.25, -0.2) is 4.79 Å². The fourth-order valence-electron chi connectivity index (χ4n) is 2.30. The summed E-state index contributed by atoms with van der Waals surface area (Å²) in [6.07, 6.45) is 3.30. The molecule has 0 aliphatic heterocycles. The lowest BCUT2D eigenvalue weighted by atomic mass is 9.97. The third-order valence-corrected chi connectivity index (χ3v) is 4.04. The van der Waals surface area contributed by atoms with Gasteiger partial charge in [0, 0.05) is 12.8 Å². The first-order valence-electron chi connectivity index (χ1n) is 8.63. The van der Waals surface area contributed by atoms with Crippen molar-refractivity contribution in [2.24, 2.45) is 0 Å². The van der Waals surface area contributed by atoms with Crippen LogP contribution in [0.2, 0.25) is 0 Å². The molecule has 1 rings (SSSR count). The number of unbranched alkanes of at least 4 members (excludes halogenated alkanes) is 1. The predicted molar refractivity (Wildman–Crippen MR) is 97.1 cm³/mol. The van der Waals surface area contributed by atoms with Gasteiger partial charge >= 0.3 is 5.97 Å². The first-order valence-corrected chi connectivity index (χ1v) is 8.63. The molecule has 0 saturated carbocycles. The van der Waals surface area contributed by atoms with Crippen molar-refractivity contribution in [1.29, 1.82) is 0 Å². The number of esters is 1. The molecule has 0 aliphatic carbocycles. The summed E-state index contributed by atoms with van der Waals surface area (Å²) in [5.41, 5.74) is -0.144. The lowest BCUT2D eigenvalue weighted by Gasteiger charge is -2.27. The number of ether oxygens (including phenoxy) is 3. The molecule has 0 saturated heterocycles. The molecule has 0 radical (unpaired) electrons. The van der Waals surface area contributed by atoms with Crippen LogP contribution in [0.5, 0.6) is 5.75 Å². The van der Waals surface area contributed by atoms with E-state index in [9.17, 15) is 9.59 Å². The molecule has 0 fully saturated rings. The minimum atomic E-state index is -0.918. The van der Waals surface area contributed by atoms with Gasteiger partial charge in [0.05, 0.1) is 13.7 Å². The van der Waals surface area contributed by atoms with E-state index >= 15 is 0 Å². The molecule has 0 bridgehead atoms. The summed E-state index contributed by atoms with van der Waals surface area (Å²) in [6, 6.07) is 4.92. The van der Waals surface area contributed by atoms with Crippen molar-refractivity contribution in [3.63, 3.8) is 0 Å². The number of hydrogen-bond acceptors (Lipinski definition) is 5. The van der Waals surface area contributed by atoms with Gasteiger partial charge in [0.25, 0.3) is 5.91 Å². The zero-order valence-electron chi connectivity index (χ0n) is 15.8. The minimum Gasteiger partial charge on any atom is -0.493 e. The third-order valence-electron chi connectivity index (χ3n) is 4.04. The van der Waals surface area contributed by atoms with Crippen LogP contribution >= 0.6 is 0 Å². The number of carbonyl (C=O) groups excluding carboxylic acids is 2. The van der Waals surface area contributed by atoms with Crippen LogP contribution in [0.4, 0.5) is 5.69 Å². The van der Waals surface area contributed by atoms with Crippen LogP contribution in [-0.4, -0.2) is 38.3 Å². The lowest BCUT2D eigenvalue weighted by Crippen LogP contribution is -2.41. The van der Waals surface area contributed by atoms with Crippen LogP contribution < -0.4 is 10.1 Å². The number of methoxy groups -OCH3 is 2. The molecule has 1 atom stereocenters. The summed E-state index contributed by atoms with van der Waals surface area (Å²) in [7, 11) is 2.83. The van der Waals surface area contributed by atoms with Crippen LogP contribution in [0.1, 0.15) is 56.8 Å². The van der Waals surface area contributed by atoms with Gasteiger partial charge < -0.3 is 19.5 Å². The molecule has 0 spiro atoms. The number of rotatable bonds is 10. The fraction of sp³-hybridized carbons (Fsp3) is 0.579. The second-order valence-electron chi connectivity index (χ2n) is 6.04. The molecule has 6 heteroatoms. The van der Waals surface area contributed by atoms with Crippen molar-refractivity contribution in [3.05, 3.63) is 23.8 Å². The van der Waals surface area contributed by atoms with Crippen molar-refractivity contribution in [2.45, 2.75) is 52.1 Å². The Labute approximate surface area is 149 Å². The van der Waals surface area contributed by atoms with E-state index in [1.54, 1.807) is 25.1 Å². The van der Waals surface area contributed by atoms with Crippen molar-refractivity contribution in [1.82, 2.24) is 0 Å². The second kappa shape index (κ2) is 10.0. The van der Waals surface area contributed by atoms with Gasteiger partial charge in [-0.05, 0) is 38.0 Å². The molecule has 6 nitrogen and oxygen atoms in total. The van der Waals surface area contributed by atoms with Gasteiger partial charge in [-0.3, -0.25) is 4.79 Å². The minimum absolute atomic E-state index is 0.249. The van der Waals surface area contributed by atoms with Crippen molar-refractivity contribution in [3.8, 4) is 5.75 Å². The van der Waals surface area contributed by atoms with Gasteiger partial charge in [-0.1, -0.05) is 26.7 Å². The normalized spacial score (nSPS) is 13.0. The van der Waals surface area contributed by atoms with Gasteiger partial charge in [-0.15, -0.1) is 0 Å². The van der Waals surface area contributed by atoms with Crippen molar-refractivity contribution < 1.29 is 23.8 Å². The molecule has 1 N–H and O–H groups in total. The maximum absolute atomic E-state index is 12.6. The van der Waals surface area contributed by atoms with E-state index in [1.165, 1.54) is 14.2 Å². The van der Waals surface area contributed by atoms with E-state index in [4.69, 9.17) is 14.2 Å². The highest BCUT2D eigenvalue weighted by Gasteiger charge is 2.32. The van der Waals surface area contributed by atoms with E-state index in [0.29, 0.717) is 24.5 Å². The first-order chi connectivity index (χ1) is 11.9. The molecule has 0 heterocycles. The standard InChI is InChI=1S/C19H29NO5/c1-6-8-11-19(3,24-5)18(22)20-14-9-10-16(25-12-7-2)15(13-14)17(21)23-4/h9-10,13H,6-8,11-12H2,1-5H3,(H,20,22)/t19-/m1/s1. The molecule has 0 aliphatic rings. The van der Waals surface area contributed by atoms with Crippen LogP contribution in [0.25, 0.3) is 0 Å². The molecule has 0 aromatic heterocycles. The molecule has 1 aromatic carbocycles. The summed E-state index contributed by atoms with van der Waals surface area (Å²) in [6.45, 7) is 6.30. The van der Waals surface area contributed by atoms with E-state index in [2.05, 4.69) is 12.2 Å². The quantitative estimate of drug-likeness (QED) is 0.649. The monoisotopic (exact) mass is 351 g/mol. The Hall–Kier alpha value is -2.08. The van der Waals surface area contributed by atoms with Gasteiger partial charge in [0.15, 0.2) is 0 Å². The Morgan fingerprint density at radius 1 is 1.16 bits per heavy atom. The highest BCUT2D eigenvalue weighted by molar-refractivity contribution is 5.99.